The van der Waals surface area contributed by atoms with E-state index in [9.17, 15) is 8.42 Å². The van der Waals surface area contributed by atoms with E-state index in [0.717, 1.165) is 40.9 Å². The van der Waals surface area contributed by atoms with Gasteiger partial charge in [0.25, 0.3) is 0 Å². The Balaban J connectivity index is 1.26. The first-order valence-corrected chi connectivity index (χ1v) is 11.4. The zero-order chi connectivity index (χ0) is 18.6. The third-order valence-electron chi connectivity index (χ3n) is 5.49. The van der Waals surface area contributed by atoms with Gasteiger partial charge in [-0.05, 0) is 24.6 Å². The molecular weight excluding hydrogens is 386 g/mol. The van der Waals surface area contributed by atoms with Crippen LogP contribution in [0.2, 0.25) is 0 Å². The molecule has 4 heterocycles. The van der Waals surface area contributed by atoms with E-state index < -0.39 is 10.0 Å². The summed E-state index contributed by atoms with van der Waals surface area (Å²) >= 11 is 1.56. The number of rotatable bonds is 4. The Morgan fingerprint density at radius 2 is 2.04 bits per heavy atom. The molecule has 0 amide bonds. The summed E-state index contributed by atoms with van der Waals surface area (Å²) in [5, 5.41) is 2.60. The van der Waals surface area contributed by atoms with Gasteiger partial charge in [-0.1, -0.05) is 6.07 Å². The molecule has 0 radical (unpaired) electrons. The van der Waals surface area contributed by atoms with Gasteiger partial charge in [0.15, 0.2) is 11.5 Å². The van der Waals surface area contributed by atoms with Crippen molar-refractivity contribution >= 4 is 21.4 Å². The van der Waals surface area contributed by atoms with Gasteiger partial charge in [-0.25, -0.2) is 13.4 Å². The fourth-order valence-electron chi connectivity index (χ4n) is 4.24. The van der Waals surface area contributed by atoms with Crippen LogP contribution in [0.15, 0.2) is 23.6 Å². The average molecular weight is 408 g/mol. The molecule has 2 atom stereocenters. The highest BCUT2D eigenvalue weighted by atomic mass is 32.2. The number of hydrogen-bond acceptors (Lipinski definition) is 7. The number of aryl methyl sites for hydroxylation is 1. The zero-order valence-corrected chi connectivity index (χ0v) is 16.6. The molecule has 2 unspecified atom stereocenters. The largest absolute Gasteiger partial charge is 0.454 e. The highest BCUT2D eigenvalue weighted by Crippen LogP contribution is 2.37. The predicted octanol–water partition coefficient (Wildman–Crippen LogP) is 1.83. The monoisotopic (exact) mass is 407 g/mol. The lowest BCUT2D eigenvalue weighted by Gasteiger charge is -2.21. The Morgan fingerprint density at radius 1 is 1.19 bits per heavy atom. The van der Waals surface area contributed by atoms with Crippen molar-refractivity contribution in [1.29, 1.82) is 0 Å². The van der Waals surface area contributed by atoms with E-state index in [-0.39, 0.29) is 18.0 Å². The van der Waals surface area contributed by atoms with Crippen molar-refractivity contribution in [1.82, 2.24) is 14.2 Å². The predicted molar refractivity (Wildman–Crippen MR) is 101 cm³/mol. The third-order valence-corrected chi connectivity index (χ3v) is 8.60. The minimum Gasteiger partial charge on any atom is -0.454 e. The van der Waals surface area contributed by atoms with Crippen LogP contribution < -0.4 is 9.47 Å². The quantitative estimate of drug-likeness (QED) is 0.770. The maximum atomic E-state index is 13.0. The summed E-state index contributed by atoms with van der Waals surface area (Å²) in [4.78, 5) is 6.64. The van der Waals surface area contributed by atoms with Crippen LogP contribution in [-0.4, -0.2) is 54.3 Å². The molecule has 0 aliphatic carbocycles. The Hall–Kier alpha value is -1.68. The molecular formula is C18H21N3O4S2. The van der Waals surface area contributed by atoms with Crippen molar-refractivity contribution in [3.05, 3.63) is 39.8 Å². The lowest BCUT2D eigenvalue weighted by molar-refractivity contribution is 0.174. The minimum absolute atomic E-state index is 0.156. The molecule has 1 aromatic heterocycles. The Bertz CT molecular complexity index is 975. The van der Waals surface area contributed by atoms with Crippen LogP contribution in [0.4, 0.5) is 0 Å². The molecule has 0 saturated carbocycles. The van der Waals surface area contributed by atoms with Gasteiger partial charge in [0, 0.05) is 37.5 Å². The highest BCUT2D eigenvalue weighted by Gasteiger charge is 2.50. The van der Waals surface area contributed by atoms with E-state index in [1.165, 1.54) is 0 Å². The van der Waals surface area contributed by atoms with E-state index in [2.05, 4.69) is 9.88 Å². The molecule has 2 fully saturated rings. The molecule has 27 heavy (non-hydrogen) atoms. The number of benzene rings is 1. The normalized spacial score (nSPS) is 26.6. The summed E-state index contributed by atoms with van der Waals surface area (Å²) in [5.74, 6) is 1.69. The summed E-state index contributed by atoms with van der Waals surface area (Å²) in [6.07, 6.45) is 0. The molecule has 3 aliphatic rings. The van der Waals surface area contributed by atoms with E-state index >= 15 is 0 Å². The van der Waals surface area contributed by atoms with Crippen LogP contribution >= 0.6 is 11.3 Å². The van der Waals surface area contributed by atoms with Crippen LogP contribution in [0.25, 0.3) is 0 Å². The number of likely N-dealkylation sites (tertiary alicyclic amines) is 1. The Morgan fingerprint density at radius 3 is 2.81 bits per heavy atom. The maximum Gasteiger partial charge on any atom is 0.231 e. The molecule has 0 N–H and O–H groups in total. The summed E-state index contributed by atoms with van der Waals surface area (Å²) in [7, 11) is -3.28. The fraction of sp³-hybridized carbons (Fsp3) is 0.500. The first kappa shape index (κ1) is 17.4. The molecule has 0 bridgehead atoms. The number of sulfonamides is 1. The highest BCUT2D eigenvalue weighted by molar-refractivity contribution is 7.90. The van der Waals surface area contributed by atoms with Gasteiger partial charge in [0.1, 0.15) is 0 Å². The summed E-state index contributed by atoms with van der Waals surface area (Å²) in [6.45, 7) is 5.28. The van der Waals surface area contributed by atoms with Crippen molar-refractivity contribution in [2.24, 2.45) is 5.92 Å². The van der Waals surface area contributed by atoms with E-state index in [4.69, 9.17) is 9.47 Å². The van der Waals surface area contributed by atoms with E-state index in [1.54, 1.807) is 15.6 Å². The van der Waals surface area contributed by atoms with Crippen molar-refractivity contribution in [2.75, 3.05) is 26.4 Å². The second kappa shape index (κ2) is 6.44. The third kappa shape index (κ3) is 3.12. The smallest absolute Gasteiger partial charge is 0.231 e. The number of nitrogens with zero attached hydrogens (tertiary/aromatic N) is 3. The fourth-order valence-corrected chi connectivity index (χ4v) is 7.00. The summed E-state index contributed by atoms with van der Waals surface area (Å²) in [5.41, 5.74) is 1.96. The number of fused-ring (bicyclic) bond motifs is 2. The standard InChI is InChI=1S/C18H21N3O4S2/c1-12-19-15(10-26-12)8-21-7-14-6-20(9-18(14)27(21,22)23)5-13-2-3-16-17(4-13)25-11-24-16/h2-4,10,14,18H,5-9,11H2,1H3. The number of ether oxygens (including phenoxy) is 2. The van der Waals surface area contributed by atoms with Crippen LogP contribution in [0.5, 0.6) is 11.5 Å². The number of aromatic nitrogens is 1. The lowest BCUT2D eigenvalue weighted by Crippen LogP contribution is -2.34. The molecule has 3 aliphatic heterocycles. The lowest BCUT2D eigenvalue weighted by atomic mass is 10.1. The maximum absolute atomic E-state index is 13.0. The van der Waals surface area contributed by atoms with Gasteiger partial charge < -0.3 is 9.47 Å². The van der Waals surface area contributed by atoms with Gasteiger partial charge in [-0.15, -0.1) is 11.3 Å². The SMILES string of the molecule is Cc1nc(CN2CC3CN(Cc4ccc5c(c4)OCO5)CC3S2(=O)=O)cs1. The molecule has 1 aromatic carbocycles. The average Bonchev–Trinajstić information content (AvgIpc) is 3.37. The molecule has 0 spiro atoms. The molecule has 144 valence electrons. The minimum atomic E-state index is -3.28. The van der Waals surface area contributed by atoms with E-state index in [0.29, 0.717) is 19.6 Å². The van der Waals surface area contributed by atoms with Crippen molar-refractivity contribution in [3.8, 4) is 11.5 Å². The summed E-state index contributed by atoms with van der Waals surface area (Å²) < 4.78 is 38.4. The second-order valence-corrected chi connectivity index (χ2v) is 10.6. The van der Waals surface area contributed by atoms with E-state index in [1.807, 2.05) is 30.5 Å². The Labute approximate surface area is 162 Å². The zero-order valence-electron chi connectivity index (χ0n) is 15.0. The first-order chi connectivity index (χ1) is 13.0. The van der Waals surface area contributed by atoms with Gasteiger partial charge in [-0.2, -0.15) is 4.31 Å². The van der Waals surface area contributed by atoms with Crippen LogP contribution in [-0.2, 0) is 23.1 Å². The van der Waals surface area contributed by atoms with Gasteiger partial charge in [0.05, 0.1) is 22.5 Å². The van der Waals surface area contributed by atoms with Crippen molar-refractivity contribution in [2.45, 2.75) is 25.3 Å². The second-order valence-electron chi connectivity index (χ2n) is 7.38. The van der Waals surface area contributed by atoms with Gasteiger partial charge in [-0.3, -0.25) is 4.90 Å². The molecule has 7 nitrogen and oxygen atoms in total. The molecule has 5 rings (SSSR count). The molecule has 2 aromatic rings. The first-order valence-electron chi connectivity index (χ1n) is 9.00. The van der Waals surface area contributed by atoms with Gasteiger partial charge >= 0.3 is 0 Å². The van der Waals surface area contributed by atoms with Gasteiger partial charge in [0.2, 0.25) is 16.8 Å². The topological polar surface area (TPSA) is 72.0 Å². The molecule has 9 heteroatoms. The van der Waals surface area contributed by atoms with Crippen LogP contribution in [0.1, 0.15) is 16.3 Å². The van der Waals surface area contributed by atoms with Crippen molar-refractivity contribution < 1.29 is 17.9 Å². The Kier molecular flexibility index (Phi) is 4.15. The number of thiazole rings is 1. The van der Waals surface area contributed by atoms with Crippen LogP contribution in [0.3, 0.4) is 0 Å². The summed E-state index contributed by atoms with van der Waals surface area (Å²) in [6, 6.07) is 5.93. The number of hydrogen-bond donors (Lipinski definition) is 0. The van der Waals surface area contributed by atoms with Crippen molar-refractivity contribution in [3.63, 3.8) is 0 Å². The molecule has 2 saturated heterocycles. The van der Waals surface area contributed by atoms with Crippen LogP contribution in [0, 0.1) is 12.8 Å².